The van der Waals surface area contributed by atoms with Gasteiger partial charge in [0.1, 0.15) is 0 Å². The number of amides is 2. The van der Waals surface area contributed by atoms with E-state index in [-0.39, 0.29) is 11.8 Å². The number of likely N-dealkylation sites (N-methyl/N-ethyl adjacent to an activating group) is 1. The number of rotatable bonds is 10. The second kappa shape index (κ2) is 12.6. The summed E-state index contributed by atoms with van der Waals surface area (Å²) in [4.78, 5) is 31.6. The second-order valence-electron chi connectivity index (χ2n) is 10.4. The Balaban J connectivity index is 1.66. The van der Waals surface area contributed by atoms with E-state index in [1.165, 1.54) is 20.0 Å². The number of hydrogen-bond acceptors (Lipinski definition) is 7. The minimum Gasteiger partial charge on any atom is -0.493 e. The van der Waals surface area contributed by atoms with Gasteiger partial charge in [-0.3, -0.25) is 9.59 Å². The van der Waals surface area contributed by atoms with Crippen LogP contribution in [0.5, 0.6) is 23.0 Å². The van der Waals surface area contributed by atoms with Gasteiger partial charge in [0.05, 0.1) is 40.4 Å². The van der Waals surface area contributed by atoms with E-state index in [0.717, 1.165) is 37.5 Å². The Hall–Kier alpha value is -3.46. The van der Waals surface area contributed by atoms with Crippen LogP contribution in [0.2, 0.25) is 0 Å². The highest BCUT2D eigenvalue weighted by Gasteiger charge is 2.43. The van der Waals surface area contributed by atoms with Gasteiger partial charge in [0.2, 0.25) is 5.91 Å². The largest absolute Gasteiger partial charge is 0.493 e. The molecule has 4 rings (SSSR count). The molecule has 0 spiro atoms. The van der Waals surface area contributed by atoms with Gasteiger partial charge in [-0.2, -0.15) is 0 Å². The van der Waals surface area contributed by atoms with Crippen molar-refractivity contribution in [1.29, 1.82) is 0 Å². The molecule has 9 nitrogen and oxygen atoms in total. The Morgan fingerprint density at radius 2 is 1.54 bits per heavy atom. The molecule has 2 aliphatic rings. The van der Waals surface area contributed by atoms with Gasteiger partial charge in [-0.1, -0.05) is 13.0 Å². The van der Waals surface area contributed by atoms with Crippen LogP contribution in [-0.2, 0) is 4.79 Å². The lowest BCUT2D eigenvalue weighted by molar-refractivity contribution is -0.124. The molecule has 0 saturated carbocycles. The number of nitrogens with one attached hydrogen (secondary N) is 1. The number of methoxy groups -OCH3 is 4. The molecule has 2 amide bonds. The van der Waals surface area contributed by atoms with Crippen LogP contribution >= 0.6 is 0 Å². The van der Waals surface area contributed by atoms with E-state index in [2.05, 4.69) is 17.1 Å². The normalized spacial score (nSPS) is 19.8. The van der Waals surface area contributed by atoms with E-state index >= 15 is 0 Å². The highest BCUT2D eigenvalue weighted by Crippen LogP contribution is 2.46. The maximum Gasteiger partial charge on any atom is 0.254 e. The first-order valence-electron chi connectivity index (χ1n) is 13.6. The Morgan fingerprint density at radius 1 is 0.923 bits per heavy atom. The van der Waals surface area contributed by atoms with Crippen molar-refractivity contribution < 1.29 is 28.5 Å². The number of nitrogens with zero attached hydrogens (tertiary/aromatic N) is 2. The van der Waals surface area contributed by atoms with Gasteiger partial charge in [0.15, 0.2) is 23.0 Å². The van der Waals surface area contributed by atoms with Gasteiger partial charge in [-0.05, 0) is 80.2 Å². The van der Waals surface area contributed by atoms with Gasteiger partial charge in [-0.25, -0.2) is 0 Å². The predicted octanol–water partition coefficient (Wildman–Crippen LogP) is 3.87. The van der Waals surface area contributed by atoms with Gasteiger partial charge in [0, 0.05) is 19.2 Å². The first-order chi connectivity index (χ1) is 18.8. The van der Waals surface area contributed by atoms with Crippen molar-refractivity contribution in [2.24, 2.45) is 5.92 Å². The Morgan fingerprint density at radius 3 is 2.18 bits per heavy atom. The van der Waals surface area contributed by atoms with Crippen molar-refractivity contribution >= 4 is 11.8 Å². The zero-order valence-corrected chi connectivity index (χ0v) is 23.9. The number of likely N-dealkylation sites (tertiary alicyclic amines) is 1. The van der Waals surface area contributed by atoms with Crippen LogP contribution in [0.4, 0.5) is 0 Å². The van der Waals surface area contributed by atoms with Gasteiger partial charge >= 0.3 is 0 Å². The Labute approximate surface area is 231 Å². The van der Waals surface area contributed by atoms with Crippen molar-refractivity contribution in [1.82, 2.24) is 15.1 Å². The van der Waals surface area contributed by atoms with E-state index in [9.17, 15) is 9.59 Å². The zero-order valence-electron chi connectivity index (χ0n) is 23.9. The molecule has 0 bridgehead atoms. The van der Waals surface area contributed by atoms with Crippen molar-refractivity contribution in [2.75, 3.05) is 61.7 Å². The summed E-state index contributed by atoms with van der Waals surface area (Å²) in [7, 11) is 7.94. The fourth-order valence-corrected chi connectivity index (χ4v) is 5.69. The van der Waals surface area contributed by atoms with Crippen LogP contribution in [0.1, 0.15) is 59.6 Å². The summed E-state index contributed by atoms with van der Waals surface area (Å²) in [6.45, 7) is 6.04. The van der Waals surface area contributed by atoms with E-state index in [0.29, 0.717) is 40.7 Å². The molecule has 2 aromatic rings. The van der Waals surface area contributed by atoms with Gasteiger partial charge in [0.25, 0.3) is 5.91 Å². The Bertz CT molecular complexity index is 1180. The molecule has 2 heterocycles. The summed E-state index contributed by atoms with van der Waals surface area (Å²) in [5.41, 5.74) is 1.80. The second-order valence-corrected chi connectivity index (χ2v) is 10.4. The third-order valence-corrected chi connectivity index (χ3v) is 8.03. The van der Waals surface area contributed by atoms with E-state index in [1.54, 1.807) is 51.5 Å². The number of hydrogen-bond donors (Lipinski definition) is 1. The number of carbonyl (C=O) groups is 2. The van der Waals surface area contributed by atoms with Crippen LogP contribution in [0.15, 0.2) is 30.3 Å². The summed E-state index contributed by atoms with van der Waals surface area (Å²) in [6, 6.07) is 8.36. The van der Waals surface area contributed by atoms with Crippen LogP contribution in [0.3, 0.4) is 0 Å². The van der Waals surface area contributed by atoms with E-state index in [1.807, 2.05) is 12.1 Å². The lowest BCUT2D eigenvalue weighted by Crippen LogP contribution is -2.46. The zero-order chi connectivity index (χ0) is 28.1. The third-order valence-electron chi connectivity index (χ3n) is 8.03. The summed E-state index contributed by atoms with van der Waals surface area (Å²) in [5, 5.41) is 3.16. The predicted molar refractivity (Wildman–Crippen MR) is 149 cm³/mol. The molecule has 1 N–H and O–H groups in total. The van der Waals surface area contributed by atoms with Crippen molar-refractivity contribution in [2.45, 2.75) is 38.1 Å². The summed E-state index contributed by atoms with van der Waals surface area (Å²) >= 11 is 0. The number of fused-ring (bicyclic) bond motifs is 1. The fraction of sp³-hybridized carbons (Fsp3) is 0.533. The first kappa shape index (κ1) is 28.5. The molecule has 0 unspecified atom stereocenters. The molecule has 2 atom stereocenters. The topological polar surface area (TPSA) is 89.6 Å². The quantitative estimate of drug-likeness (QED) is 0.459. The molecule has 0 aromatic heterocycles. The summed E-state index contributed by atoms with van der Waals surface area (Å²) in [6.07, 6.45) is 3.31. The average Bonchev–Trinajstić information content (AvgIpc) is 2.96. The minimum atomic E-state index is -0.670. The van der Waals surface area contributed by atoms with Crippen LogP contribution in [0, 0.1) is 5.92 Å². The average molecular weight is 540 g/mol. The molecular formula is C30H41N3O6. The highest BCUT2D eigenvalue weighted by molar-refractivity contribution is 6.02. The lowest BCUT2D eigenvalue weighted by Gasteiger charge is -2.40. The van der Waals surface area contributed by atoms with Gasteiger partial charge < -0.3 is 34.1 Å². The van der Waals surface area contributed by atoms with Gasteiger partial charge in [-0.15, -0.1) is 0 Å². The molecule has 2 aliphatic heterocycles. The monoisotopic (exact) mass is 539 g/mol. The van der Waals surface area contributed by atoms with Crippen molar-refractivity contribution in [3.8, 4) is 23.0 Å². The lowest BCUT2D eigenvalue weighted by atomic mass is 9.79. The van der Waals surface area contributed by atoms with Crippen LogP contribution < -0.4 is 24.3 Å². The van der Waals surface area contributed by atoms with Crippen LogP contribution in [0.25, 0.3) is 0 Å². The summed E-state index contributed by atoms with van der Waals surface area (Å²) in [5.74, 6) is 1.79. The Kier molecular flexibility index (Phi) is 9.22. The molecule has 0 aliphatic carbocycles. The molecule has 212 valence electrons. The molecule has 1 saturated heterocycles. The minimum absolute atomic E-state index is 0.144. The standard InChI is InChI=1S/C30H41N3O6/c1-19-10-14-33(15-11-19)13-7-12-31-29(34)27-21-17-25(38-5)26(39-6)18-22(21)30(35)32(2)28(27)20-8-9-23(36-3)24(16-20)37-4/h8-9,16-19,27-28H,7,10-15H2,1-6H3,(H,31,34)/t27-,28-/m1/s1. The smallest absolute Gasteiger partial charge is 0.254 e. The van der Waals surface area contributed by atoms with Crippen molar-refractivity contribution in [3.05, 3.63) is 47.0 Å². The molecule has 1 fully saturated rings. The maximum absolute atomic E-state index is 13.9. The number of piperidine rings is 1. The highest BCUT2D eigenvalue weighted by atomic mass is 16.5. The number of benzene rings is 2. The third kappa shape index (κ3) is 5.93. The molecular weight excluding hydrogens is 498 g/mol. The molecule has 39 heavy (non-hydrogen) atoms. The molecule has 2 aromatic carbocycles. The number of carbonyl (C=O) groups excluding carboxylic acids is 2. The number of ether oxygens (including phenoxy) is 4. The van der Waals surface area contributed by atoms with E-state index in [4.69, 9.17) is 18.9 Å². The molecule has 9 heteroatoms. The molecule has 0 radical (unpaired) electrons. The SMILES string of the molecule is COc1ccc([C@@H]2[C@H](C(=O)NCCCN3CCC(C)CC3)c3cc(OC)c(OC)cc3C(=O)N2C)cc1OC. The summed E-state index contributed by atoms with van der Waals surface area (Å²) < 4.78 is 22.0. The maximum atomic E-state index is 13.9. The fourth-order valence-electron chi connectivity index (χ4n) is 5.69. The first-order valence-corrected chi connectivity index (χ1v) is 13.6. The van der Waals surface area contributed by atoms with Crippen LogP contribution in [-0.4, -0.2) is 83.3 Å². The van der Waals surface area contributed by atoms with E-state index < -0.39 is 12.0 Å². The van der Waals surface area contributed by atoms with Crippen molar-refractivity contribution in [3.63, 3.8) is 0 Å².